The molecule has 2 aromatic heterocycles. The fourth-order valence-corrected chi connectivity index (χ4v) is 3.01. The summed E-state index contributed by atoms with van der Waals surface area (Å²) in [6.07, 6.45) is 9.13. The minimum atomic E-state index is 0.640. The van der Waals surface area contributed by atoms with Gasteiger partial charge in [-0.15, -0.1) is 0 Å². The molecule has 0 spiro atoms. The molecule has 0 bridgehead atoms. The van der Waals surface area contributed by atoms with Gasteiger partial charge >= 0.3 is 0 Å². The van der Waals surface area contributed by atoms with Crippen LogP contribution in [0, 0.1) is 0 Å². The van der Waals surface area contributed by atoms with Gasteiger partial charge in [0, 0.05) is 31.5 Å². The first-order valence-electron chi connectivity index (χ1n) is 6.79. The Balaban J connectivity index is 2.00. The van der Waals surface area contributed by atoms with Crippen molar-refractivity contribution in [1.82, 2.24) is 9.38 Å². The zero-order valence-corrected chi connectivity index (χ0v) is 10.6. The van der Waals surface area contributed by atoms with Crippen molar-refractivity contribution in [2.24, 2.45) is 5.73 Å². The van der Waals surface area contributed by atoms with Crippen LogP contribution in [0.5, 0.6) is 0 Å². The highest BCUT2D eigenvalue weighted by molar-refractivity contribution is 5.52. The lowest BCUT2D eigenvalue weighted by Crippen LogP contribution is -2.38. The van der Waals surface area contributed by atoms with Crippen LogP contribution in [0.4, 0.5) is 5.82 Å². The van der Waals surface area contributed by atoms with E-state index in [1.54, 1.807) is 0 Å². The van der Waals surface area contributed by atoms with Crippen molar-refractivity contribution in [3.8, 4) is 0 Å². The molecular weight excluding hydrogens is 224 g/mol. The third kappa shape index (κ3) is 1.97. The Kier molecular flexibility index (Phi) is 3.19. The monoisotopic (exact) mass is 244 g/mol. The largest absolute Gasteiger partial charge is 0.353 e. The summed E-state index contributed by atoms with van der Waals surface area (Å²) < 4.78 is 2.16. The highest BCUT2D eigenvalue weighted by Crippen LogP contribution is 2.28. The quantitative estimate of drug-likeness (QED) is 0.895. The first-order valence-corrected chi connectivity index (χ1v) is 6.79. The standard InChI is InChI=1S/C14H20N4/c15-8-10-17(12-4-1-2-5-12)14-7-3-6-13-16-9-11-18(13)14/h3,6-7,9,11-12H,1-2,4-5,8,10,15H2. The van der Waals surface area contributed by atoms with Crippen LogP contribution < -0.4 is 10.6 Å². The number of hydrogen-bond acceptors (Lipinski definition) is 3. The van der Waals surface area contributed by atoms with Crippen molar-refractivity contribution in [3.05, 3.63) is 30.6 Å². The number of rotatable bonds is 4. The van der Waals surface area contributed by atoms with Crippen molar-refractivity contribution < 1.29 is 0 Å². The van der Waals surface area contributed by atoms with Crippen LogP contribution in [0.2, 0.25) is 0 Å². The van der Waals surface area contributed by atoms with E-state index in [1.807, 2.05) is 18.5 Å². The van der Waals surface area contributed by atoms with E-state index in [2.05, 4.69) is 26.4 Å². The third-order valence-corrected chi connectivity index (χ3v) is 3.84. The van der Waals surface area contributed by atoms with E-state index in [9.17, 15) is 0 Å². The van der Waals surface area contributed by atoms with Crippen LogP contribution in [0.1, 0.15) is 25.7 Å². The molecule has 0 aromatic carbocycles. The topological polar surface area (TPSA) is 46.6 Å². The summed E-state index contributed by atoms with van der Waals surface area (Å²) in [5.41, 5.74) is 6.79. The van der Waals surface area contributed by atoms with Crippen molar-refractivity contribution in [2.75, 3.05) is 18.0 Å². The van der Waals surface area contributed by atoms with Crippen LogP contribution in [-0.2, 0) is 0 Å². The highest BCUT2D eigenvalue weighted by atomic mass is 15.3. The fourth-order valence-electron chi connectivity index (χ4n) is 3.01. The van der Waals surface area contributed by atoms with Crippen molar-refractivity contribution in [2.45, 2.75) is 31.7 Å². The van der Waals surface area contributed by atoms with Gasteiger partial charge in [-0.1, -0.05) is 18.9 Å². The molecule has 0 radical (unpaired) electrons. The molecule has 0 unspecified atom stereocenters. The number of imidazole rings is 1. The van der Waals surface area contributed by atoms with E-state index in [0.29, 0.717) is 12.6 Å². The van der Waals surface area contributed by atoms with Crippen LogP contribution in [0.3, 0.4) is 0 Å². The predicted octanol–water partition coefficient (Wildman–Crippen LogP) is 2.04. The Morgan fingerprint density at radius 1 is 1.33 bits per heavy atom. The number of aromatic nitrogens is 2. The number of nitrogens with zero attached hydrogens (tertiary/aromatic N) is 3. The van der Waals surface area contributed by atoms with Crippen molar-refractivity contribution in [3.63, 3.8) is 0 Å². The molecule has 96 valence electrons. The maximum Gasteiger partial charge on any atom is 0.138 e. The van der Waals surface area contributed by atoms with Gasteiger partial charge in [-0.2, -0.15) is 0 Å². The van der Waals surface area contributed by atoms with Gasteiger partial charge in [0.05, 0.1) is 0 Å². The second-order valence-electron chi connectivity index (χ2n) is 4.96. The SMILES string of the molecule is NCCN(c1cccc2nccn12)C1CCCC1. The molecule has 1 fully saturated rings. The van der Waals surface area contributed by atoms with Crippen LogP contribution in [-0.4, -0.2) is 28.5 Å². The van der Waals surface area contributed by atoms with Crippen molar-refractivity contribution in [1.29, 1.82) is 0 Å². The smallest absolute Gasteiger partial charge is 0.138 e. The summed E-state index contributed by atoms with van der Waals surface area (Å²) in [5, 5.41) is 0. The number of nitrogens with two attached hydrogens (primary N) is 1. The first-order chi connectivity index (χ1) is 8.90. The van der Waals surface area contributed by atoms with E-state index in [-0.39, 0.29) is 0 Å². The van der Waals surface area contributed by atoms with Crippen LogP contribution >= 0.6 is 0 Å². The average Bonchev–Trinajstić information content (AvgIpc) is 3.06. The molecule has 3 rings (SSSR count). The Bertz CT molecular complexity index is 513. The van der Waals surface area contributed by atoms with Gasteiger partial charge in [0.15, 0.2) is 0 Å². The number of hydrogen-bond donors (Lipinski definition) is 1. The molecule has 0 amide bonds. The number of anilines is 1. The second kappa shape index (κ2) is 4.98. The summed E-state index contributed by atoms with van der Waals surface area (Å²) in [6, 6.07) is 6.93. The molecule has 1 aliphatic carbocycles. The summed E-state index contributed by atoms with van der Waals surface area (Å²) in [5.74, 6) is 1.22. The molecule has 0 atom stereocenters. The fraction of sp³-hybridized carbons (Fsp3) is 0.500. The maximum atomic E-state index is 5.79. The molecule has 0 aliphatic heterocycles. The Hall–Kier alpha value is -1.55. The summed E-state index contributed by atoms with van der Waals surface area (Å²) in [4.78, 5) is 6.81. The normalized spacial score (nSPS) is 16.5. The van der Waals surface area contributed by atoms with Crippen molar-refractivity contribution >= 4 is 11.5 Å². The van der Waals surface area contributed by atoms with Gasteiger partial charge < -0.3 is 10.6 Å². The Morgan fingerprint density at radius 2 is 2.17 bits per heavy atom. The van der Waals surface area contributed by atoms with Gasteiger partial charge in [0.2, 0.25) is 0 Å². The van der Waals surface area contributed by atoms with Gasteiger partial charge in [0.25, 0.3) is 0 Å². The lowest BCUT2D eigenvalue weighted by Gasteiger charge is -2.31. The van der Waals surface area contributed by atoms with Gasteiger partial charge in [-0.25, -0.2) is 4.98 Å². The van der Waals surface area contributed by atoms with Crippen LogP contribution in [0.25, 0.3) is 5.65 Å². The number of pyridine rings is 1. The zero-order chi connectivity index (χ0) is 12.4. The minimum absolute atomic E-state index is 0.640. The molecule has 2 heterocycles. The second-order valence-corrected chi connectivity index (χ2v) is 4.96. The average molecular weight is 244 g/mol. The molecule has 1 saturated carbocycles. The minimum Gasteiger partial charge on any atom is -0.353 e. The van der Waals surface area contributed by atoms with Gasteiger partial charge in [-0.05, 0) is 25.0 Å². The summed E-state index contributed by atoms with van der Waals surface area (Å²) in [7, 11) is 0. The van der Waals surface area contributed by atoms with E-state index in [1.165, 1.54) is 31.5 Å². The van der Waals surface area contributed by atoms with E-state index >= 15 is 0 Å². The Morgan fingerprint density at radius 3 is 2.94 bits per heavy atom. The molecule has 4 heteroatoms. The molecule has 4 nitrogen and oxygen atoms in total. The van der Waals surface area contributed by atoms with Gasteiger partial charge in [0.1, 0.15) is 11.5 Å². The molecule has 0 saturated heterocycles. The molecule has 18 heavy (non-hydrogen) atoms. The van der Waals surface area contributed by atoms with Gasteiger partial charge in [-0.3, -0.25) is 4.40 Å². The molecule has 2 N–H and O–H groups in total. The number of fused-ring (bicyclic) bond motifs is 1. The van der Waals surface area contributed by atoms with E-state index in [4.69, 9.17) is 5.73 Å². The predicted molar refractivity (Wildman–Crippen MR) is 73.8 cm³/mol. The van der Waals surface area contributed by atoms with Crippen LogP contribution in [0.15, 0.2) is 30.6 Å². The lowest BCUT2D eigenvalue weighted by molar-refractivity contribution is 0.599. The zero-order valence-electron chi connectivity index (χ0n) is 10.6. The molecule has 1 aliphatic rings. The molecule has 2 aromatic rings. The van der Waals surface area contributed by atoms with E-state index in [0.717, 1.165) is 12.2 Å². The summed E-state index contributed by atoms with van der Waals surface area (Å²) in [6.45, 7) is 1.61. The lowest BCUT2D eigenvalue weighted by atomic mass is 10.2. The Labute approximate surface area is 107 Å². The first kappa shape index (κ1) is 11.5. The highest BCUT2D eigenvalue weighted by Gasteiger charge is 2.23. The maximum absolute atomic E-state index is 5.79. The summed E-state index contributed by atoms with van der Waals surface area (Å²) >= 11 is 0. The van der Waals surface area contributed by atoms with E-state index < -0.39 is 0 Å². The third-order valence-electron chi connectivity index (χ3n) is 3.84. The molecular formula is C14H20N4.